The fraction of sp³-hybridized carbons (Fsp3) is 0.154. The van der Waals surface area contributed by atoms with Crippen LogP contribution in [0.3, 0.4) is 0 Å². The summed E-state index contributed by atoms with van der Waals surface area (Å²) in [6, 6.07) is 11.2. The first-order valence-corrected chi connectivity index (χ1v) is 13.0. The highest BCUT2D eigenvalue weighted by molar-refractivity contribution is 6.56. The van der Waals surface area contributed by atoms with Crippen LogP contribution in [0.15, 0.2) is 42.5 Å². The molecular weight excluding hydrogens is 598 g/mol. The van der Waals surface area contributed by atoms with Gasteiger partial charge >= 0.3 is 5.97 Å². The van der Waals surface area contributed by atoms with Crippen LogP contribution in [0.2, 0.25) is 25.1 Å². The Kier molecular flexibility index (Phi) is 7.09. The number of halogens is 5. The number of benzene rings is 3. The maximum atomic E-state index is 13.2. The minimum absolute atomic E-state index is 0.000202. The van der Waals surface area contributed by atoms with Gasteiger partial charge in [0.15, 0.2) is 0 Å². The molecule has 3 amide bonds. The van der Waals surface area contributed by atoms with Crippen LogP contribution >= 0.6 is 58.0 Å². The van der Waals surface area contributed by atoms with Crippen molar-refractivity contribution in [1.82, 2.24) is 0 Å². The van der Waals surface area contributed by atoms with E-state index in [0.717, 1.165) is 4.90 Å². The average molecular weight is 613 g/mol. The number of aryl methyl sites for hydroxylation is 1. The van der Waals surface area contributed by atoms with Crippen LogP contribution in [0.1, 0.15) is 32.7 Å². The molecule has 3 aromatic rings. The number of anilines is 2. The highest BCUT2D eigenvalue weighted by Gasteiger charge is 2.43. The molecule has 0 saturated carbocycles. The molecule has 2 aliphatic heterocycles. The highest BCUT2D eigenvalue weighted by Crippen LogP contribution is 2.46. The number of carbonyl (C=O) groups excluding carboxylic acids is 4. The first-order chi connectivity index (χ1) is 18.0. The van der Waals surface area contributed by atoms with Crippen LogP contribution < -0.4 is 14.5 Å². The van der Waals surface area contributed by atoms with Crippen molar-refractivity contribution < 1.29 is 23.9 Å². The molecule has 0 aliphatic carbocycles. The minimum atomic E-state index is -0.713. The molecule has 38 heavy (non-hydrogen) atoms. The lowest BCUT2D eigenvalue weighted by atomic mass is 10.1. The van der Waals surface area contributed by atoms with E-state index in [1.807, 2.05) is 0 Å². The Labute approximate surface area is 241 Å². The normalized spacial score (nSPS) is 16.9. The summed E-state index contributed by atoms with van der Waals surface area (Å²) in [5, 5.41) is -0.0499. The fourth-order valence-electron chi connectivity index (χ4n) is 4.45. The zero-order chi connectivity index (χ0) is 27.5. The molecule has 194 valence electrons. The number of ether oxygens (including phenoxy) is 1. The van der Waals surface area contributed by atoms with E-state index in [-0.39, 0.29) is 61.5 Å². The lowest BCUT2D eigenvalue weighted by Gasteiger charge is -2.18. The Morgan fingerprint density at radius 3 is 1.97 bits per heavy atom. The van der Waals surface area contributed by atoms with Gasteiger partial charge < -0.3 is 9.64 Å². The molecule has 1 saturated heterocycles. The van der Waals surface area contributed by atoms with E-state index in [1.165, 1.54) is 23.1 Å². The summed E-state index contributed by atoms with van der Waals surface area (Å²) in [5.41, 5.74) is 1.06. The first-order valence-electron chi connectivity index (χ1n) is 11.1. The molecule has 0 bridgehead atoms. The molecule has 7 nitrogen and oxygen atoms in total. The smallest absolute Gasteiger partial charge is 0.316 e. The van der Waals surface area contributed by atoms with Crippen LogP contribution in [0, 0.1) is 12.8 Å². The Morgan fingerprint density at radius 1 is 0.842 bits per heavy atom. The van der Waals surface area contributed by atoms with Gasteiger partial charge in [0.25, 0.3) is 11.8 Å². The van der Waals surface area contributed by atoms with E-state index in [0.29, 0.717) is 16.3 Å². The van der Waals surface area contributed by atoms with Gasteiger partial charge in [0.05, 0.1) is 42.8 Å². The van der Waals surface area contributed by atoms with E-state index >= 15 is 0 Å². The monoisotopic (exact) mass is 610 g/mol. The van der Waals surface area contributed by atoms with E-state index in [2.05, 4.69) is 0 Å². The fourth-order valence-corrected chi connectivity index (χ4v) is 5.59. The number of rotatable bonds is 4. The summed E-state index contributed by atoms with van der Waals surface area (Å²) in [5.74, 6) is -2.69. The van der Waals surface area contributed by atoms with Crippen molar-refractivity contribution in [3.8, 4) is 5.75 Å². The van der Waals surface area contributed by atoms with Crippen LogP contribution in [0.5, 0.6) is 5.75 Å². The second-order valence-corrected chi connectivity index (χ2v) is 10.7. The van der Waals surface area contributed by atoms with Gasteiger partial charge in [-0.05, 0) is 55.0 Å². The van der Waals surface area contributed by atoms with Crippen LogP contribution in [0.4, 0.5) is 11.4 Å². The van der Waals surface area contributed by atoms with Crippen molar-refractivity contribution in [1.29, 1.82) is 0 Å². The summed E-state index contributed by atoms with van der Waals surface area (Å²) >= 11 is 30.5. The molecule has 5 rings (SSSR count). The molecule has 0 unspecified atom stereocenters. The molecule has 0 N–H and O–H groups in total. The quantitative estimate of drug-likeness (QED) is 0.104. The molecule has 2 aliphatic rings. The van der Waals surface area contributed by atoms with Crippen molar-refractivity contribution in [3.05, 3.63) is 84.3 Å². The van der Waals surface area contributed by atoms with Crippen molar-refractivity contribution in [2.45, 2.75) is 13.3 Å². The summed E-state index contributed by atoms with van der Waals surface area (Å²) in [6.07, 6.45) is 0.000202. The van der Waals surface area contributed by atoms with Crippen molar-refractivity contribution in [2.75, 3.05) is 16.3 Å². The zero-order valence-corrected chi connectivity index (χ0v) is 23.1. The molecule has 0 aromatic heterocycles. The number of hydrogen-bond donors (Lipinski definition) is 0. The van der Waals surface area contributed by atoms with Gasteiger partial charge in [-0.25, -0.2) is 4.90 Å². The molecule has 0 spiro atoms. The van der Waals surface area contributed by atoms with E-state index < -0.39 is 23.7 Å². The summed E-state index contributed by atoms with van der Waals surface area (Å²) < 4.78 is 5.53. The first kappa shape index (κ1) is 26.8. The molecule has 2 heterocycles. The predicted octanol–water partition coefficient (Wildman–Crippen LogP) is 7.02. The molecule has 1 atom stereocenters. The third kappa shape index (κ3) is 4.42. The van der Waals surface area contributed by atoms with Gasteiger partial charge in [-0.15, -0.1) is 0 Å². The van der Waals surface area contributed by atoms with Crippen LogP contribution in [-0.4, -0.2) is 30.2 Å². The molecule has 1 fully saturated rings. The summed E-state index contributed by atoms with van der Waals surface area (Å²) in [4.78, 5) is 54.1. The summed E-state index contributed by atoms with van der Waals surface area (Å²) in [6.45, 7) is 1.80. The van der Waals surface area contributed by atoms with Crippen molar-refractivity contribution in [3.63, 3.8) is 0 Å². The standard InChI is InChI=1S/C26H15Cl5N2O5/c1-11-8-15(38-26(37)12-9-17(34)32(10-12)14-4-2-13(27)3-5-14)6-7-16(11)33-24(35)18-19(25(33)36)21(29)23(31)22(30)20(18)28/h2-8,12H,9-10H2,1H3/t12-/m1/s1. The number of esters is 1. The minimum Gasteiger partial charge on any atom is -0.426 e. The van der Waals surface area contributed by atoms with Gasteiger partial charge in [0, 0.05) is 23.7 Å². The molecule has 0 radical (unpaired) electrons. The summed E-state index contributed by atoms with van der Waals surface area (Å²) in [7, 11) is 0. The maximum Gasteiger partial charge on any atom is 0.316 e. The average Bonchev–Trinajstić information content (AvgIpc) is 3.39. The number of amides is 3. The third-order valence-electron chi connectivity index (χ3n) is 6.33. The Morgan fingerprint density at radius 2 is 1.42 bits per heavy atom. The third-order valence-corrected chi connectivity index (χ3v) is 8.38. The maximum absolute atomic E-state index is 13.2. The van der Waals surface area contributed by atoms with Crippen LogP contribution in [-0.2, 0) is 9.59 Å². The molecule has 3 aromatic carbocycles. The second kappa shape index (κ2) is 10.1. The Hall–Kier alpha value is -2.81. The predicted molar refractivity (Wildman–Crippen MR) is 146 cm³/mol. The lowest BCUT2D eigenvalue weighted by molar-refractivity contribution is -0.139. The van der Waals surface area contributed by atoms with Crippen LogP contribution in [0.25, 0.3) is 0 Å². The zero-order valence-electron chi connectivity index (χ0n) is 19.4. The molecular formula is C26H15Cl5N2O5. The SMILES string of the molecule is Cc1cc(OC(=O)[C@@H]2CC(=O)N(c3ccc(Cl)cc3)C2)ccc1N1C(=O)c2c(Cl)c(Cl)c(Cl)c(Cl)c2C1=O. The number of imide groups is 1. The van der Waals surface area contributed by atoms with Gasteiger partial charge in [0.1, 0.15) is 5.75 Å². The number of carbonyl (C=O) groups is 4. The van der Waals surface area contributed by atoms with Crippen molar-refractivity contribution >= 4 is 93.1 Å². The van der Waals surface area contributed by atoms with E-state index in [9.17, 15) is 19.2 Å². The van der Waals surface area contributed by atoms with Gasteiger partial charge in [-0.1, -0.05) is 58.0 Å². The Bertz CT molecular complexity index is 1510. The van der Waals surface area contributed by atoms with Gasteiger partial charge in [-0.3, -0.25) is 19.2 Å². The Balaban J connectivity index is 1.35. The van der Waals surface area contributed by atoms with Gasteiger partial charge in [-0.2, -0.15) is 0 Å². The van der Waals surface area contributed by atoms with Gasteiger partial charge in [0.2, 0.25) is 5.91 Å². The van der Waals surface area contributed by atoms with E-state index in [1.54, 1.807) is 31.2 Å². The number of hydrogen-bond acceptors (Lipinski definition) is 5. The molecule has 12 heteroatoms. The topological polar surface area (TPSA) is 84.0 Å². The van der Waals surface area contributed by atoms with Crippen molar-refractivity contribution in [2.24, 2.45) is 5.92 Å². The number of fused-ring (bicyclic) bond motifs is 1. The largest absolute Gasteiger partial charge is 0.426 e. The second-order valence-electron chi connectivity index (χ2n) is 8.70. The lowest BCUT2D eigenvalue weighted by Crippen LogP contribution is -2.30. The van der Waals surface area contributed by atoms with E-state index in [4.69, 9.17) is 62.7 Å². The number of nitrogens with zero attached hydrogens (tertiary/aromatic N) is 2. The highest BCUT2D eigenvalue weighted by atomic mass is 35.5.